The highest BCUT2D eigenvalue weighted by atomic mass is 79.9. The number of aliphatic carboxylic acids is 1. The number of carbonyl (C=O) groups is 1. The molecule has 0 aliphatic rings. The Bertz CT molecular complexity index is 376. The van der Waals surface area contributed by atoms with Crippen LogP contribution in [0.2, 0.25) is 0 Å². The van der Waals surface area contributed by atoms with Crippen LogP contribution in [-0.4, -0.2) is 27.5 Å². The number of aryl methyl sites for hydroxylation is 2. The average molecular weight is 291 g/mol. The zero-order chi connectivity index (χ0) is 12.1. The fraction of sp³-hybridized carbons (Fsp3) is 0.600. The molecular formula is C10H15BrN2O3. The van der Waals surface area contributed by atoms with Gasteiger partial charge in [-0.05, 0) is 29.3 Å². The van der Waals surface area contributed by atoms with Crippen LogP contribution in [0, 0.1) is 0 Å². The SMILES string of the molecule is CCc1nn(CC)c(COCC(=O)O)c1Br. The minimum absolute atomic E-state index is 0.258. The van der Waals surface area contributed by atoms with Crippen molar-refractivity contribution in [3.05, 3.63) is 15.9 Å². The van der Waals surface area contributed by atoms with Crippen molar-refractivity contribution in [2.24, 2.45) is 0 Å². The van der Waals surface area contributed by atoms with E-state index < -0.39 is 5.97 Å². The Morgan fingerprint density at radius 1 is 1.56 bits per heavy atom. The van der Waals surface area contributed by atoms with Crippen molar-refractivity contribution >= 4 is 21.9 Å². The number of ether oxygens (including phenoxy) is 1. The molecule has 0 saturated heterocycles. The topological polar surface area (TPSA) is 64.4 Å². The lowest BCUT2D eigenvalue weighted by Crippen LogP contribution is -2.10. The number of carboxylic acid groups (broad SMARTS) is 1. The lowest BCUT2D eigenvalue weighted by Gasteiger charge is -2.05. The smallest absolute Gasteiger partial charge is 0.329 e. The maximum Gasteiger partial charge on any atom is 0.329 e. The molecule has 0 radical (unpaired) electrons. The molecule has 16 heavy (non-hydrogen) atoms. The normalized spacial score (nSPS) is 10.7. The number of nitrogens with zero attached hydrogens (tertiary/aromatic N) is 2. The van der Waals surface area contributed by atoms with Gasteiger partial charge in [0.05, 0.1) is 22.5 Å². The van der Waals surface area contributed by atoms with Gasteiger partial charge < -0.3 is 9.84 Å². The largest absolute Gasteiger partial charge is 0.480 e. The van der Waals surface area contributed by atoms with Crippen LogP contribution in [0.15, 0.2) is 4.47 Å². The second kappa shape index (κ2) is 6.00. The van der Waals surface area contributed by atoms with Crippen molar-refractivity contribution in [1.29, 1.82) is 0 Å². The Balaban J connectivity index is 2.76. The van der Waals surface area contributed by atoms with Crippen molar-refractivity contribution in [1.82, 2.24) is 9.78 Å². The molecule has 1 aromatic heterocycles. The van der Waals surface area contributed by atoms with Gasteiger partial charge in [-0.1, -0.05) is 6.92 Å². The van der Waals surface area contributed by atoms with Crippen molar-refractivity contribution < 1.29 is 14.6 Å². The summed E-state index contributed by atoms with van der Waals surface area (Å²) in [6.45, 7) is 4.72. The predicted octanol–water partition coefficient (Wildman–Crippen LogP) is 1.83. The summed E-state index contributed by atoms with van der Waals surface area (Å²) < 4.78 is 7.81. The zero-order valence-electron chi connectivity index (χ0n) is 9.36. The molecule has 5 nitrogen and oxygen atoms in total. The summed E-state index contributed by atoms with van der Waals surface area (Å²) in [5.74, 6) is -0.964. The maximum atomic E-state index is 10.3. The minimum atomic E-state index is -0.964. The summed E-state index contributed by atoms with van der Waals surface area (Å²) in [4.78, 5) is 10.3. The quantitative estimate of drug-likeness (QED) is 0.868. The summed E-state index contributed by atoms with van der Waals surface area (Å²) in [5, 5.41) is 12.9. The lowest BCUT2D eigenvalue weighted by molar-refractivity contribution is -0.142. The van der Waals surface area contributed by atoms with Crippen molar-refractivity contribution in [3.8, 4) is 0 Å². The van der Waals surface area contributed by atoms with E-state index in [1.807, 2.05) is 18.5 Å². The molecule has 0 aromatic carbocycles. The van der Waals surface area contributed by atoms with Gasteiger partial charge in [0, 0.05) is 6.54 Å². The molecule has 1 heterocycles. The Hall–Kier alpha value is -0.880. The average Bonchev–Trinajstić information content (AvgIpc) is 2.55. The molecule has 0 spiro atoms. The van der Waals surface area contributed by atoms with E-state index >= 15 is 0 Å². The molecule has 1 N–H and O–H groups in total. The lowest BCUT2D eigenvalue weighted by atomic mass is 10.3. The van der Waals surface area contributed by atoms with Crippen molar-refractivity contribution in [3.63, 3.8) is 0 Å². The van der Waals surface area contributed by atoms with E-state index in [0.717, 1.165) is 28.8 Å². The first-order valence-electron chi connectivity index (χ1n) is 5.13. The monoisotopic (exact) mass is 290 g/mol. The van der Waals surface area contributed by atoms with Crippen LogP contribution < -0.4 is 0 Å². The standard InChI is InChI=1S/C10H15BrN2O3/c1-3-7-10(11)8(13(4-2)12-7)5-16-6-9(14)15/h3-6H2,1-2H3,(H,14,15). The summed E-state index contributed by atoms with van der Waals surface area (Å²) in [6, 6.07) is 0. The van der Waals surface area contributed by atoms with Crippen LogP contribution in [0.5, 0.6) is 0 Å². The summed E-state index contributed by atoms with van der Waals surface area (Å²) in [7, 11) is 0. The zero-order valence-corrected chi connectivity index (χ0v) is 11.0. The van der Waals surface area contributed by atoms with Crippen LogP contribution in [-0.2, 0) is 29.1 Å². The van der Waals surface area contributed by atoms with Gasteiger partial charge in [-0.25, -0.2) is 4.79 Å². The third kappa shape index (κ3) is 3.05. The molecule has 90 valence electrons. The summed E-state index contributed by atoms with van der Waals surface area (Å²) in [6.07, 6.45) is 0.833. The fourth-order valence-corrected chi connectivity index (χ4v) is 2.07. The third-order valence-corrected chi connectivity index (χ3v) is 3.07. The molecule has 0 fully saturated rings. The van der Waals surface area contributed by atoms with E-state index in [4.69, 9.17) is 9.84 Å². The second-order valence-corrected chi connectivity index (χ2v) is 4.06. The van der Waals surface area contributed by atoms with Gasteiger partial charge in [0.25, 0.3) is 0 Å². The Morgan fingerprint density at radius 2 is 2.25 bits per heavy atom. The number of aromatic nitrogens is 2. The van der Waals surface area contributed by atoms with Crippen molar-refractivity contribution in [2.45, 2.75) is 33.4 Å². The molecule has 0 bridgehead atoms. The second-order valence-electron chi connectivity index (χ2n) is 3.26. The predicted molar refractivity (Wildman–Crippen MR) is 62.3 cm³/mol. The van der Waals surface area contributed by atoms with Gasteiger partial charge in [-0.15, -0.1) is 0 Å². The number of hydrogen-bond donors (Lipinski definition) is 1. The molecule has 0 aliphatic heterocycles. The first-order valence-corrected chi connectivity index (χ1v) is 5.93. The Morgan fingerprint density at radius 3 is 2.75 bits per heavy atom. The van der Waals surface area contributed by atoms with Gasteiger partial charge in [0.15, 0.2) is 0 Å². The molecular weight excluding hydrogens is 276 g/mol. The number of hydrogen-bond acceptors (Lipinski definition) is 3. The highest BCUT2D eigenvalue weighted by molar-refractivity contribution is 9.10. The number of rotatable bonds is 6. The number of carboxylic acids is 1. The third-order valence-electron chi connectivity index (χ3n) is 2.16. The van der Waals surface area contributed by atoms with E-state index in [1.54, 1.807) is 0 Å². The van der Waals surface area contributed by atoms with E-state index in [0.29, 0.717) is 0 Å². The summed E-state index contributed by atoms with van der Waals surface area (Å²) in [5.41, 5.74) is 1.86. The van der Waals surface area contributed by atoms with Gasteiger partial charge >= 0.3 is 5.97 Å². The first-order chi connectivity index (χ1) is 7.60. The maximum absolute atomic E-state index is 10.3. The van der Waals surface area contributed by atoms with Crippen LogP contribution in [0.4, 0.5) is 0 Å². The van der Waals surface area contributed by atoms with Crippen LogP contribution in [0.3, 0.4) is 0 Å². The van der Waals surface area contributed by atoms with Gasteiger partial charge in [0.2, 0.25) is 0 Å². The summed E-state index contributed by atoms with van der Waals surface area (Å²) >= 11 is 3.46. The molecule has 1 rings (SSSR count). The first kappa shape index (κ1) is 13.2. The van der Waals surface area contributed by atoms with E-state index in [-0.39, 0.29) is 13.2 Å². The minimum Gasteiger partial charge on any atom is -0.480 e. The molecule has 0 atom stereocenters. The molecule has 0 unspecified atom stereocenters. The molecule has 0 saturated carbocycles. The Labute approximate surface area is 103 Å². The highest BCUT2D eigenvalue weighted by Crippen LogP contribution is 2.22. The van der Waals surface area contributed by atoms with Crippen molar-refractivity contribution in [2.75, 3.05) is 6.61 Å². The molecule has 0 aliphatic carbocycles. The molecule has 6 heteroatoms. The fourth-order valence-electron chi connectivity index (χ4n) is 1.39. The Kier molecular flexibility index (Phi) is 4.95. The van der Waals surface area contributed by atoms with Crippen LogP contribution in [0.1, 0.15) is 25.2 Å². The highest BCUT2D eigenvalue weighted by Gasteiger charge is 2.14. The van der Waals surface area contributed by atoms with Gasteiger partial charge in [0.1, 0.15) is 6.61 Å². The van der Waals surface area contributed by atoms with Crippen LogP contribution >= 0.6 is 15.9 Å². The van der Waals surface area contributed by atoms with E-state index in [2.05, 4.69) is 21.0 Å². The molecule has 0 amide bonds. The van der Waals surface area contributed by atoms with E-state index in [9.17, 15) is 4.79 Å². The molecule has 1 aromatic rings. The van der Waals surface area contributed by atoms with E-state index in [1.165, 1.54) is 0 Å². The van der Waals surface area contributed by atoms with Gasteiger partial charge in [-0.3, -0.25) is 4.68 Å². The van der Waals surface area contributed by atoms with Gasteiger partial charge in [-0.2, -0.15) is 5.10 Å². The number of halogens is 1. The van der Waals surface area contributed by atoms with Crippen LogP contribution in [0.25, 0.3) is 0 Å².